The number of carbonyl (C=O) groups is 1. The summed E-state index contributed by atoms with van der Waals surface area (Å²) < 4.78 is 0. The smallest absolute Gasteiger partial charge is 0.228 e. The topological polar surface area (TPSA) is 55.1 Å². The van der Waals surface area contributed by atoms with E-state index in [0.29, 0.717) is 17.5 Å². The Morgan fingerprint density at radius 3 is 2.29 bits per heavy atom. The standard InChI is InChI=1S/C14H18N2O/c15-11-3-1-2-4-12(11)16-14(17)13(9-5-6-9)10-7-8-10/h1-4,9-10,13H,5-8,15H2,(H,16,17). The van der Waals surface area contributed by atoms with Crippen LogP contribution in [0.3, 0.4) is 0 Å². The molecule has 0 aliphatic heterocycles. The van der Waals surface area contributed by atoms with Gasteiger partial charge in [-0.2, -0.15) is 0 Å². The maximum atomic E-state index is 12.3. The van der Waals surface area contributed by atoms with E-state index in [1.54, 1.807) is 0 Å². The Balaban J connectivity index is 1.71. The second-order valence-electron chi connectivity index (χ2n) is 5.28. The fourth-order valence-corrected chi connectivity index (χ4v) is 2.55. The summed E-state index contributed by atoms with van der Waals surface area (Å²) in [6.07, 6.45) is 4.88. The molecule has 1 amide bonds. The van der Waals surface area contributed by atoms with Crippen molar-refractivity contribution in [3.05, 3.63) is 24.3 Å². The number of rotatable bonds is 4. The van der Waals surface area contributed by atoms with Crippen molar-refractivity contribution in [3.8, 4) is 0 Å². The van der Waals surface area contributed by atoms with E-state index < -0.39 is 0 Å². The molecule has 0 aromatic heterocycles. The molecule has 0 atom stereocenters. The van der Waals surface area contributed by atoms with Gasteiger partial charge in [-0.3, -0.25) is 4.79 Å². The summed E-state index contributed by atoms with van der Waals surface area (Å²) in [5, 5.41) is 2.99. The molecule has 2 fully saturated rings. The van der Waals surface area contributed by atoms with E-state index in [4.69, 9.17) is 5.73 Å². The van der Waals surface area contributed by atoms with Crippen LogP contribution >= 0.6 is 0 Å². The van der Waals surface area contributed by atoms with Gasteiger partial charge in [0.25, 0.3) is 0 Å². The van der Waals surface area contributed by atoms with Crippen LogP contribution in [0.5, 0.6) is 0 Å². The minimum atomic E-state index is 0.174. The van der Waals surface area contributed by atoms with Gasteiger partial charge in [0.2, 0.25) is 5.91 Å². The lowest BCUT2D eigenvalue weighted by atomic mass is 9.97. The fraction of sp³-hybridized carbons (Fsp3) is 0.500. The molecule has 17 heavy (non-hydrogen) atoms. The molecule has 3 rings (SSSR count). The van der Waals surface area contributed by atoms with E-state index >= 15 is 0 Å². The van der Waals surface area contributed by atoms with E-state index in [-0.39, 0.29) is 11.8 Å². The fourth-order valence-electron chi connectivity index (χ4n) is 2.55. The van der Waals surface area contributed by atoms with Crippen molar-refractivity contribution in [1.29, 1.82) is 0 Å². The second-order valence-corrected chi connectivity index (χ2v) is 5.28. The monoisotopic (exact) mass is 230 g/mol. The lowest BCUT2D eigenvalue weighted by molar-refractivity contribution is -0.121. The molecule has 0 spiro atoms. The molecule has 3 heteroatoms. The molecule has 90 valence electrons. The quantitative estimate of drug-likeness (QED) is 0.781. The minimum Gasteiger partial charge on any atom is -0.397 e. The number of anilines is 2. The highest BCUT2D eigenvalue weighted by atomic mass is 16.1. The van der Waals surface area contributed by atoms with Crippen molar-refractivity contribution in [1.82, 2.24) is 0 Å². The molecule has 2 saturated carbocycles. The minimum absolute atomic E-state index is 0.174. The normalized spacial score (nSPS) is 19.4. The van der Waals surface area contributed by atoms with Gasteiger partial charge in [0.15, 0.2) is 0 Å². The number of hydrogen-bond donors (Lipinski definition) is 2. The van der Waals surface area contributed by atoms with Crippen LogP contribution in [0.4, 0.5) is 11.4 Å². The molecular weight excluding hydrogens is 212 g/mol. The van der Waals surface area contributed by atoms with Crippen molar-refractivity contribution in [3.63, 3.8) is 0 Å². The van der Waals surface area contributed by atoms with E-state index in [1.165, 1.54) is 25.7 Å². The van der Waals surface area contributed by atoms with Crippen molar-refractivity contribution in [2.45, 2.75) is 25.7 Å². The van der Waals surface area contributed by atoms with Crippen LogP contribution in [-0.2, 0) is 4.79 Å². The highest BCUT2D eigenvalue weighted by molar-refractivity contribution is 5.96. The van der Waals surface area contributed by atoms with Crippen LogP contribution < -0.4 is 11.1 Å². The zero-order chi connectivity index (χ0) is 11.8. The van der Waals surface area contributed by atoms with Gasteiger partial charge in [-0.1, -0.05) is 12.1 Å². The number of para-hydroxylation sites is 2. The summed E-state index contributed by atoms with van der Waals surface area (Å²) in [5.41, 5.74) is 7.24. The maximum Gasteiger partial charge on any atom is 0.228 e. The molecule has 0 heterocycles. The van der Waals surface area contributed by atoms with Crippen LogP contribution in [0.25, 0.3) is 0 Å². The molecule has 0 saturated heterocycles. The second kappa shape index (κ2) is 4.06. The van der Waals surface area contributed by atoms with Gasteiger partial charge < -0.3 is 11.1 Å². The SMILES string of the molecule is Nc1ccccc1NC(=O)C(C1CC1)C1CC1. The molecule has 3 N–H and O–H groups in total. The van der Waals surface area contributed by atoms with Crippen LogP contribution in [0.1, 0.15) is 25.7 Å². The van der Waals surface area contributed by atoms with Crippen molar-refractivity contribution in [2.24, 2.45) is 17.8 Å². The van der Waals surface area contributed by atoms with E-state index in [2.05, 4.69) is 5.32 Å². The van der Waals surface area contributed by atoms with Crippen LogP contribution in [0, 0.1) is 17.8 Å². The number of carbonyl (C=O) groups excluding carboxylic acids is 1. The Morgan fingerprint density at radius 1 is 1.18 bits per heavy atom. The predicted molar refractivity (Wildman–Crippen MR) is 68.4 cm³/mol. The predicted octanol–water partition coefficient (Wildman–Crippen LogP) is 2.64. The van der Waals surface area contributed by atoms with E-state index in [1.807, 2.05) is 24.3 Å². The average molecular weight is 230 g/mol. The molecule has 1 aromatic rings. The third-order valence-corrected chi connectivity index (χ3v) is 3.78. The van der Waals surface area contributed by atoms with Gasteiger partial charge in [0.05, 0.1) is 11.4 Å². The Hall–Kier alpha value is -1.51. The average Bonchev–Trinajstić information content (AvgIpc) is 3.14. The van der Waals surface area contributed by atoms with E-state index in [0.717, 1.165) is 5.69 Å². The number of nitrogens with one attached hydrogen (secondary N) is 1. The molecular formula is C14H18N2O. The Labute approximate surface area is 101 Å². The Morgan fingerprint density at radius 2 is 1.76 bits per heavy atom. The zero-order valence-corrected chi connectivity index (χ0v) is 9.86. The molecule has 2 aliphatic carbocycles. The summed E-state index contributed by atoms with van der Waals surface area (Å²) in [6, 6.07) is 7.46. The zero-order valence-electron chi connectivity index (χ0n) is 9.86. The summed E-state index contributed by atoms with van der Waals surface area (Å²) >= 11 is 0. The highest BCUT2D eigenvalue weighted by Crippen LogP contribution is 2.49. The third-order valence-electron chi connectivity index (χ3n) is 3.78. The van der Waals surface area contributed by atoms with E-state index in [9.17, 15) is 4.79 Å². The summed E-state index contributed by atoms with van der Waals surface area (Å²) in [4.78, 5) is 12.3. The van der Waals surface area contributed by atoms with Crippen molar-refractivity contribution < 1.29 is 4.79 Å². The maximum absolute atomic E-state index is 12.3. The third kappa shape index (κ3) is 2.28. The number of benzene rings is 1. The first kappa shape index (κ1) is 10.6. The molecule has 3 nitrogen and oxygen atoms in total. The first-order chi connectivity index (χ1) is 8.25. The summed E-state index contributed by atoms with van der Waals surface area (Å²) in [7, 11) is 0. The molecule has 0 radical (unpaired) electrons. The number of amides is 1. The lowest BCUT2D eigenvalue weighted by Crippen LogP contribution is -2.26. The van der Waals surface area contributed by atoms with Gasteiger partial charge in [-0.15, -0.1) is 0 Å². The van der Waals surface area contributed by atoms with Crippen LogP contribution in [-0.4, -0.2) is 5.91 Å². The van der Waals surface area contributed by atoms with Gasteiger partial charge >= 0.3 is 0 Å². The highest BCUT2D eigenvalue weighted by Gasteiger charge is 2.45. The number of nitrogens with two attached hydrogens (primary N) is 1. The number of nitrogen functional groups attached to an aromatic ring is 1. The first-order valence-electron chi connectivity index (χ1n) is 6.41. The Bertz CT molecular complexity index is 424. The largest absolute Gasteiger partial charge is 0.397 e. The summed E-state index contributed by atoms with van der Waals surface area (Å²) in [5.74, 6) is 1.67. The van der Waals surface area contributed by atoms with Crippen LogP contribution in [0.15, 0.2) is 24.3 Å². The van der Waals surface area contributed by atoms with Gasteiger partial charge in [0, 0.05) is 5.92 Å². The molecule has 1 aromatic carbocycles. The molecule has 2 aliphatic rings. The Kier molecular flexibility index (Phi) is 2.54. The molecule has 0 unspecified atom stereocenters. The first-order valence-corrected chi connectivity index (χ1v) is 6.41. The lowest BCUT2D eigenvalue weighted by Gasteiger charge is -2.16. The summed E-state index contributed by atoms with van der Waals surface area (Å²) in [6.45, 7) is 0. The van der Waals surface area contributed by atoms with Crippen molar-refractivity contribution in [2.75, 3.05) is 11.1 Å². The van der Waals surface area contributed by atoms with Crippen molar-refractivity contribution >= 4 is 17.3 Å². The van der Waals surface area contributed by atoms with Crippen LogP contribution in [0.2, 0.25) is 0 Å². The molecule has 0 bridgehead atoms. The van der Waals surface area contributed by atoms with Gasteiger partial charge in [0.1, 0.15) is 0 Å². The number of hydrogen-bond acceptors (Lipinski definition) is 2. The van der Waals surface area contributed by atoms with Gasteiger partial charge in [-0.05, 0) is 49.7 Å². The van der Waals surface area contributed by atoms with Gasteiger partial charge in [-0.25, -0.2) is 0 Å².